The standard InChI is InChI=1S/C16H26BrNO/c1-4-18-11-10-13(3)6-7-14-12-15(17)8-9-16(14)19-5-2/h8-9,12-13,18H,4-7,10-11H2,1-3H3. The molecular weight excluding hydrogens is 302 g/mol. The van der Waals surface area contributed by atoms with Crippen molar-refractivity contribution in [2.45, 2.75) is 40.0 Å². The third-order valence-electron chi connectivity index (χ3n) is 3.29. The molecule has 2 nitrogen and oxygen atoms in total. The highest BCUT2D eigenvalue weighted by atomic mass is 79.9. The Morgan fingerprint density at radius 2 is 2.05 bits per heavy atom. The quantitative estimate of drug-likeness (QED) is 0.678. The van der Waals surface area contributed by atoms with E-state index in [1.807, 2.05) is 13.0 Å². The number of rotatable bonds is 9. The summed E-state index contributed by atoms with van der Waals surface area (Å²) in [5.74, 6) is 1.78. The molecule has 0 bridgehead atoms. The molecule has 0 heterocycles. The third kappa shape index (κ3) is 6.44. The van der Waals surface area contributed by atoms with Gasteiger partial charge in [0.2, 0.25) is 0 Å². The zero-order chi connectivity index (χ0) is 14.1. The monoisotopic (exact) mass is 327 g/mol. The van der Waals surface area contributed by atoms with Gasteiger partial charge in [-0.2, -0.15) is 0 Å². The smallest absolute Gasteiger partial charge is 0.122 e. The van der Waals surface area contributed by atoms with E-state index in [1.54, 1.807) is 0 Å². The molecule has 0 aliphatic carbocycles. The summed E-state index contributed by atoms with van der Waals surface area (Å²) in [5, 5.41) is 3.39. The fraction of sp³-hybridized carbons (Fsp3) is 0.625. The van der Waals surface area contributed by atoms with Crippen molar-refractivity contribution in [1.82, 2.24) is 5.32 Å². The Labute approximate surface area is 126 Å². The van der Waals surface area contributed by atoms with Crippen LogP contribution in [0.2, 0.25) is 0 Å². The maximum absolute atomic E-state index is 5.69. The van der Waals surface area contributed by atoms with Crippen LogP contribution in [0, 0.1) is 5.92 Å². The number of hydrogen-bond donors (Lipinski definition) is 1. The summed E-state index contributed by atoms with van der Waals surface area (Å²) in [6.45, 7) is 9.42. The Hall–Kier alpha value is -0.540. The summed E-state index contributed by atoms with van der Waals surface area (Å²) in [7, 11) is 0. The summed E-state index contributed by atoms with van der Waals surface area (Å²) in [6, 6.07) is 6.29. The van der Waals surface area contributed by atoms with Gasteiger partial charge < -0.3 is 10.1 Å². The highest BCUT2D eigenvalue weighted by molar-refractivity contribution is 9.10. The molecule has 0 saturated carbocycles. The van der Waals surface area contributed by atoms with Gasteiger partial charge in [-0.15, -0.1) is 0 Å². The van der Waals surface area contributed by atoms with Crippen LogP contribution in [0.15, 0.2) is 22.7 Å². The summed E-state index contributed by atoms with van der Waals surface area (Å²) in [6.07, 6.45) is 3.54. The van der Waals surface area contributed by atoms with E-state index in [4.69, 9.17) is 4.74 Å². The average molecular weight is 328 g/mol. The zero-order valence-electron chi connectivity index (χ0n) is 12.3. The molecule has 1 atom stereocenters. The summed E-state index contributed by atoms with van der Waals surface area (Å²) in [5.41, 5.74) is 1.31. The van der Waals surface area contributed by atoms with Crippen molar-refractivity contribution in [3.63, 3.8) is 0 Å². The van der Waals surface area contributed by atoms with Crippen molar-refractivity contribution < 1.29 is 4.74 Å². The van der Waals surface area contributed by atoms with Crippen LogP contribution in [0.1, 0.15) is 39.2 Å². The van der Waals surface area contributed by atoms with Crippen LogP contribution in [0.5, 0.6) is 5.75 Å². The molecule has 19 heavy (non-hydrogen) atoms. The van der Waals surface area contributed by atoms with Crippen LogP contribution < -0.4 is 10.1 Å². The first-order chi connectivity index (χ1) is 9.17. The minimum atomic E-state index is 0.727. The molecule has 3 heteroatoms. The number of halogens is 1. The van der Waals surface area contributed by atoms with E-state index in [9.17, 15) is 0 Å². The lowest BCUT2D eigenvalue weighted by Crippen LogP contribution is -2.16. The minimum absolute atomic E-state index is 0.727. The molecular formula is C16H26BrNO. The van der Waals surface area contributed by atoms with E-state index in [2.05, 4.69) is 47.2 Å². The Morgan fingerprint density at radius 3 is 2.74 bits per heavy atom. The second kappa shape index (κ2) is 9.38. The SMILES string of the molecule is CCNCCC(C)CCc1cc(Br)ccc1OCC. The van der Waals surface area contributed by atoms with Gasteiger partial charge in [0.1, 0.15) is 5.75 Å². The van der Waals surface area contributed by atoms with Gasteiger partial charge in [-0.1, -0.05) is 29.8 Å². The topological polar surface area (TPSA) is 21.3 Å². The number of benzene rings is 1. The highest BCUT2D eigenvalue weighted by Gasteiger charge is 2.07. The molecule has 1 aromatic carbocycles. The fourth-order valence-corrected chi connectivity index (χ4v) is 2.52. The van der Waals surface area contributed by atoms with E-state index in [1.165, 1.54) is 18.4 Å². The first kappa shape index (κ1) is 16.5. The third-order valence-corrected chi connectivity index (χ3v) is 3.79. The normalized spacial score (nSPS) is 12.4. The molecule has 0 spiro atoms. The van der Waals surface area contributed by atoms with Crippen LogP contribution in [-0.2, 0) is 6.42 Å². The van der Waals surface area contributed by atoms with Crippen molar-refractivity contribution in [2.24, 2.45) is 5.92 Å². The number of ether oxygens (including phenoxy) is 1. The Bertz CT molecular complexity index is 368. The first-order valence-corrected chi connectivity index (χ1v) is 8.08. The molecule has 1 N–H and O–H groups in total. The fourth-order valence-electron chi connectivity index (χ4n) is 2.11. The van der Waals surface area contributed by atoms with Crippen LogP contribution in [0.3, 0.4) is 0 Å². The van der Waals surface area contributed by atoms with Gasteiger partial charge in [0.15, 0.2) is 0 Å². The summed E-state index contributed by atoms with van der Waals surface area (Å²) >= 11 is 3.54. The van der Waals surface area contributed by atoms with Crippen LogP contribution in [-0.4, -0.2) is 19.7 Å². The maximum atomic E-state index is 5.69. The molecule has 0 radical (unpaired) electrons. The maximum Gasteiger partial charge on any atom is 0.122 e. The Balaban J connectivity index is 2.48. The highest BCUT2D eigenvalue weighted by Crippen LogP contribution is 2.26. The van der Waals surface area contributed by atoms with Gasteiger partial charge in [-0.25, -0.2) is 0 Å². The molecule has 0 fully saturated rings. The lowest BCUT2D eigenvalue weighted by atomic mass is 9.98. The molecule has 0 aliphatic rings. The molecule has 1 unspecified atom stereocenters. The van der Waals surface area contributed by atoms with Crippen molar-refractivity contribution in [2.75, 3.05) is 19.7 Å². The van der Waals surface area contributed by atoms with Crippen LogP contribution in [0.25, 0.3) is 0 Å². The molecule has 108 valence electrons. The van der Waals surface area contributed by atoms with Gasteiger partial charge >= 0.3 is 0 Å². The summed E-state index contributed by atoms with van der Waals surface area (Å²) < 4.78 is 6.82. The van der Waals surface area contributed by atoms with Gasteiger partial charge in [0.25, 0.3) is 0 Å². The first-order valence-electron chi connectivity index (χ1n) is 7.29. The lowest BCUT2D eigenvalue weighted by molar-refractivity contribution is 0.335. The van der Waals surface area contributed by atoms with Gasteiger partial charge in [0.05, 0.1) is 6.61 Å². The molecule has 1 rings (SSSR count). The molecule has 0 aliphatic heterocycles. The van der Waals surface area contributed by atoms with E-state index < -0.39 is 0 Å². The van der Waals surface area contributed by atoms with E-state index in [0.29, 0.717) is 0 Å². The van der Waals surface area contributed by atoms with Crippen molar-refractivity contribution in [3.05, 3.63) is 28.2 Å². The van der Waals surface area contributed by atoms with Crippen molar-refractivity contribution >= 4 is 15.9 Å². The number of hydrogen-bond acceptors (Lipinski definition) is 2. The summed E-state index contributed by atoms with van der Waals surface area (Å²) in [4.78, 5) is 0. The zero-order valence-corrected chi connectivity index (χ0v) is 13.9. The Kier molecular flexibility index (Phi) is 8.15. The van der Waals surface area contributed by atoms with Crippen molar-refractivity contribution in [3.8, 4) is 5.75 Å². The lowest BCUT2D eigenvalue weighted by Gasteiger charge is -2.14. The van der Waals surface area contributed by atoms with Crippen molar-refractivity contribution in [1.29, 1.82) is 0 Å². The van der Waals surface area contributed by atoms with Crippen LogP contribution >= 0.6 is 15.9 Å². The largest absolute Gasteiger partial charge is 0.494 e. The minimum Gasteiger partial charge on any atom is -0.494 e. The van der Waals surface area contributed by atoms with Gasteiger partial charge in [-0.3, -0.25) is 0 Å². The second-order valence-corrected chi connectivity index (χ2v) is 5.89. The average Bonchev–Trinajstić information content (AvgIpc) is 2.39. The number of nitrogens with one attached hydrogen (secondary N) is 1. The number of aryl methyl sites for hydroxylation is 1. The predicted molar refractivity (Wildman–Crippen MR) is 86.0 cm³/mol. The van der Waals surface area contributed by atoms with Gasteiger partial charge in [0, 0.05) is 4.47 Å². The molecule has 0 aromatic heterocycles. The van der Waals surface area contributed by atoms with E-state index in [-0.39, 0.29) is 0 Å². The van der Waals surface area contributed by atoms with Crippen LogP contribution in [0.4, 0.5) is 0 Å². The predicted octanol–water partition coefficient (Wildman–Crippen LogP) is 4.42. The van der Waals surface area contributed by atoms with E-state index >= 15 is 0 Å². The van der Waals surface area contributed by atoms with E-state index in [0.717, 1.165) is 42.3 Å². The second-order valence-electron chi connectivity index (χ2n) is 4.97. The molecule has 1 aromatic rings. The van der Waals surface area contributed by atoms with Gasteiger partial charge in [-0.05, 0) is 69.0 Å². The Morgan fingerprint density at radius 1 is 1.26 bits per heavy atom. The molecule has 0 amide bonds. The molecule has 0 saturated heterocycles.